The van der Waals surface area contributed by atoms with Crippen LogP contribution in [0.25, 0.3) is 0 Å². The van der Waals surface area contributed by atoms with Crippen LogP contribution in [0, 0.1) is 0 Å². The Bertz CT molecular complexity index is 388. The van der Waals surface area contributed by atoms with Gasteiger partial charge in [0, 0.05) is 43.3 Å². The zero-order valence-corrected chi connectivity index (χ0v) is 11.9. The van der Waals surface area contributed by atoms with Crippen molar-refractivity contribution in [3.05, 3.63) is 11.1 Å². The summed E-state index contributed by atoms with van der Waals surface area (Å²) in [7, 11) is 2.20. The topological polar surface area (TPSA) is 31.4 Å². The van der Waals surface area contributed by atoms with Crippen LogP contribution in [0.1, 0.15) is 24.1 Å². The predicted octanol–water partition coefficient (Wildman–Crippen LogP) is 1.54. The largest absolute Gasteiger partial charge is 0.347 e. The molecule has 100 valence electrons. The fraction of sp³-hybridized carbons (Fsp3) is 0.769. The number of hydrogen-bond donors (Lipinski definition) is 1. The maximum atomic E-state index is 4.59. The molecule has 1 aromatic rings. The summed E-state index contributed by atoms with van der Waals surface area (Å²) in [4.78, 5) is 10.8. The van der Waals surface area contributed by atoms with Crippen molar-refractivity contribution in [2.75, 3.05) is 38.1 Å². The molecule has 0 aromatic carbocycles. The van der Waals surface area contributed by atoms with Crippen LogP contribution in [0.15, 0.2) is 6.20 Å². The summed E-state index contributed by atoms with van der Waals surface area (Å²) >= 11 is 1.85. The lowest BCUT2D eigenvalue weighted by Gasteiger charge is -2.19. The van der Waals surface area contributed by atoms with Gasteiger partial charge in [-0.25, -0.2) is 4.98 Å². The van der Waals surface area contributed by atoms with Gasteiger partial charge in [0.1, 0.15) is 0 Å². The third-order valence-electron chi connectivity index (χ3n) is 3.67. The Morgan fingerprint density at radius 2 is 2.22 bits per heavy atom. The molecule has 1 aliphatic carbocycles. The van der Waals surface area contributed by atoms with Gasteiger partial charge in [-0.1, -0.05) is 0 Å². The van der Waals surface area contributed by atoms with Gasteiger partial charge in [0.15, 0.2) is 5.13 Å². The molecule has 0 unspecified atom stereocenters. The lowest BCUT2D eigenvalue weighted by Crippen LogP contribution is -2.28. The van der Waals surface area contributed by atoms with E-state index in [0.717, 1.165) is 32.2 Å². The molecule has 0 radical (unpaired) electrons. The number of aromatic nitrogens is 1. The molecule has 1 N–H and O–H groups in total. The smallest absolute Gasteiger partial charge is 0.185 e. The highest BCUT2D eigenvalue weighted by Crippen LogP contribution is 2.25. The molecule has 0 spiro atoms. The predicted molar refractivity (Wildman–Crippen MR) is 76.3 cm³/mol. The van der Waals surface area contributed by atoms with Crippen molar-refractivity contribution in [2.45, 2.75) is 31.8 Å². The first-order valence-corrected chi connectivity index (χ1v) is 7.74. The first-order chi connectivity index (χ1) is 8.81. The van der Waals surface area contributed by atoms with E-state index in [2.05, 4.69) is 27.1 Å². The molecule has 0 amide bonds. The minimum Gasteiger partial charge on any atom is -0.347 e. The van der Waals surface area contributed by atoms with Crippen LogP contribution in [0.4, 0.5) is 5.13 Å². The summed E-state index contributed by atoms with van der Waals surface area (Å²) in [6, 6.07) is 0.780. The average molecular weight is 266 g/mol. The van der Waals surface area contributed by atoms with Gasteiger partial charge in [0.2, 0.25) is 0 Å². The lowest BCUT2D eigenvalue weighted by atomic mass is 10.4. The van der Waals surface area contributed by atoms with Crippen molar-refractivity contribution >= 4 is 16.5 Å². The van der Waals surface area contributed by atoms with Crippen LogP contribution in [-0.4, -0.2) is 49.2 Å². The van der Waals surface area contributed by atoms with Crippen molar-refractivity contribution < 1.29 is 0 Å². The van der Waals surface area contributed by atoms with Gasteiger partial charge >= 0.3 is 0 Å². The molecule has 0 atom stereocenters. The van der Waals surface area contributed by atoms with E-state index in [1.165, 1.54) is 35.8 Å². The Morgan fingerprint density at radius 3 is 3.06 bits per heavy atom. The second-order valence-corrected chi connectivity index (χ2v) is 6.50. The van der Waals surface area contributed by atoms with Crippen LogP contribution in [-0.2, 0) is 6.54 Å². The summed E-state index contributed by atoms with van der Waals surface area (Å²) in [6.45, 7) is 5.61. The molecule has 18 heavy (non-hydrogen) atoms. The van der Waals surface area contributed by atoms with Gasteiger partial charge in [0.05, 0.1) is 0 Å². The van der Waals surface area contributed by atoms with E-state index in [-0.39, 0.29) is 0 Å². The number of nitrogens with zero attached hydrogens (tertiary/aromatic N) is 3. The van der Waals surface area contributed by atoms with E-state index in [4.69, 9.17) is 0 Å². The van der Waals surface area contributed by atoms with Gasteiger partial charge in [-0.15, -0.1) is 11.3 Å². The third-order valence-corrected chi connectivity index (χ3v) is 4.73. The summed E-state index contributed by atoms with van der Waals surface area (Å²) in [5.74, 6) is 0. The minimum absolute atomic E-state index is 0.780. The standard InChI is InChI=1S/C13H22N4S/c1-16-5-2-6-17(8-7-16)13-15-10-12(18-13)9-14-11-3-4-11/h10-11,14H,2-9H2,1H3. The van der Waals surface area contributed by atoms with Crippen LogP contribution in [0.2, 0.25) is 0 Å². The number of rotatable bonds is 4. The van der Waals surface area contributed by atoms with Gasteiger partial charge in [-0.05, 0) is 32.9 Å². The van der Waals surface area contributed by atoms with Crippen LogP contribution < -0.4 is 10.2 Å². The minimum atomic E-state index is 0.780. The van der Waals surface area contributed by atoms with Crippen LogP contribution in [0.3, 0.4) is 0 Å². The normalized spacial score (nSPS) is 22.2. The van der Waals surface area contributed by atoms with Crippen molar-refractivity contribution in [1.29, 1.82) is 0 Å². The Hall–Kier alpha value is -0.650. The highest BCUT2D eigenvalue weighted by atomic mass is 32.1. The number of hydrogen-bond acceptors (Lipinski definition) is 5. The number of anilines is 1. The molecule has 5 heteroatoms. The van der Waals surface area contributed by atoms with Crippen molar-refractivity contribution in [3.8, 4) is 0 Å². The van der Waals surface area contributed by atoms with Crippen LogP contribution in [0.5, 0.6) is 0 Å². The molecule has 2 fully saturated rings. The molecular formula is C13H22N4S. The van der Waals surface area contributed by atoms with E-state index >= 15 is 0 Å². The maximum absolute atomic E-state index is 4.59. The third kappa shape index (κ3) is 3.22. The van der Waals surface area contributed by atoms with E-state index in [1.54, 1.807) is 0 Å². The molecular weight excluding hydrogens is 244 g/mol. The van der Waals surface area contributed by atoms with Crippen LogP contribution >= 0.6 is 11.3 Å². The van der Waals surface area contributed by atoms with Gasteiger partial charge in [0.25, 0.3) is 0 Å². The second kappa shape index (κ2) is 5.55. The average Bonchev–Trinajstić information content (AvgIpc) is 3.12. The Balaban J connectivity index is 1.57. The number of thiazole rings is 1. The molecule has 1 aromatic heterocycles. The highest BCUT2D eigenvalue weighted by molar-refractivity contribution is 7.15. The molecule has 2 aliphatic rings. The molecule has 3 rings (SSSR count). The van der Waals surface area contributed by atoms with Crippen molar-refractivity contribution in [2.24, 2.45) is 0 Å². The summed E-state index contributed by atoms with van der Waals surface area (Å²) in [6.07, 6.45) is 5.99. The first kappa shape index (κ1) is 12.4. The number of likely N-dealkylation sites (N-methyl/N-ethyl adjacent to an activating group) is 1. The molecule has 1 saturated carbocycles. The fourth-order valence-corrected chi connectivity index (χ4v) is 3.21. The molecule has 2 heterocycles. The molecule has 1 aliphatic heterocycles. The monoisotopic (exact) mass is 266 g/mol. The summed E-state index contributed by atoms with van der Waals surface area (Å²) in [5.41, 5.74) is 0. The zero-order chi connectivity index (χ0) is 12.4. The first-order valence-electron chi connectivity index (χ1n) is 6.93. The van der Waals surface area contributed by atoms with E-state index in [1.807, 2.05) is 17.5 Å². The van der Waals surface area contributed by atoms with Crippen molar-refractivity contribution in [1.82, 2.24) is 15.2 Å². The van der Waals surface area contributed by atoms with Gasteiger partial charge in [-0.2, -0.15) is 0 Å². The molecule has 4 nitrogen and oxygen atoms in total. The zero-order valence-electron chi connectivity index (χ0n) is 11.1. The SMILES string of the molecule is CN1CCCN(c2ncc(CNC3CC3)s2)CC1. The summed E-state index contributed by atoms with van der Waals surface area (Å²) in [5, 5.41) is 4.76. The number of nitrogens with one attached hydrogen (secondary N) is 1. The molecule has 0 bridgehead atoms. The van der Waals surface area contributed by atoms with Gasteiger partial charge < -0.3 is 15.1 Å². The Labute approximate surface area is 113 Å². The Morgan fingerprint density at radius 1 is 1.33 bits per heavy atom. The quantitative estimate of drug-likeness (QED) is 0.896. The second-order valence-electron chi connectivity index (χ2n) is 5.41. The fourth-order valence-electron chi connectivity index (χ4n) is 2.30. The van der Waals surface area contributed by atoms with E-state index in [0.29, 0.717) is 0 Å². The van der Waals surface area contributed by atoms with Gasteiger partial charge in [-0.3, -0.25) is 0 Å². The van der Waals surface area contributed by atoms with E-state index in [9.17, 15) is 0 Å². The highest BCUT2D eigenvalue weighted by Gasteiger charge is 2.21. The van der Waals surface area contributed by atoms with E-state index < -0.39 is 0 Å². The summed E-state index contributed by atoms with van der Waals surface area (Å²) < 4.78 is 0. The maximum Gasteiger partial charge on any atom is 0.185 e. The Kier molecular flexibility index (Phi) is 3.82. The molecule has 1 saturated heterocycles. The van der Waals surface area contributed by atoms with Crippen molar-refractivity contribution in [3.63, 3.8) is 0 Å². The lowest BCUT2D eigenvalue weighted by molar-refractivity contribution is 0.360.